The predicted octanol–water partition coefficient (Wildman–Crippen LogP) is 1.33. The summed E-state index contributed by atoms with van der Waals surface area (Å²) in [6.45, 7) is 4.37. The van der Waals surface area contributed by atoms with Crippen LogP contribution in [-0.4, -0.2) is 25.7 Å². The van der Waals surface area contributed by atoms with Crippen LogP contribution in [0.25, 0.3) is 0 Å². The standard InChI is InChI=1S/C9H19NO2/c1-4-5-9(12-3)6-7-10-8(2)11/h9H,4-7H2,1-3H3,(H,10,11). The molecule has 3 nitrogen and oxygen atoms in total. The minimum atomic E-state index is 0.0290. The summed E-state index contributed by atoms with van der Waals surface area (Å²) in [7, 11) is 1.72. The monoisotopic (exact) mass is 173 g/mol. The van der Waals surface area contributed by atoms with Gasteiger partial charge in [0.05, 0.1) is 6.10 Å². The highest BCUT2D eigenvalue weighted by molar-refractivity contribution is 5.72. The van der Waals surface area contributed by atoms with Crippen molar-refractivity contribution in [1.82, 2.24) is 5.32 Å². The smallest absolute Gasteiger partial charge is 0.216 e. The molecule has 0 saturated heterocycles. The van der Waals surface area contributed by atoms with E-state index in [9.17, 15) is 4.79 Å². The predicted molar refractivity (Wildman–Crippen MR) is 49.0 cm³/mol. The van der Waals surface area contributed by atoms with Gasteiger partial charge in [-0.25, -0.2) is 0 Å². The molecule has 0 aliphatic carbocycles. The van der Waals surface area contributed by atoms with Crippen molar-refractivity contribution >= 4 is 5.91 Å². The van der Waals surface area contributed by atoms with Gasteiger partial charge in [0.25, 0.3) is 0 Å². The summed E-state index contributed by atoms with van der Waals surface area (Å²) in [6.07, 6.45) is 3.39. The molecule has 0 saturated carbocycles. The number of methoxy groups -OCH3 is 1. The second-order valence-electron chi connectivity index (χ2n) is 2.92. The molecule has 0 rings (SSSR count). The summed E-state index contributed by atoms with van der Waals surface area (Å²) >= 11 is 0. The fourth-order valence-corrected chi connectivity index (χ4v) is 1.11. The third-order valence-electron chi connectivity index (χ3n) is 1.78. The van der Waals surface area contributed by atoms with E-state index >= 15 is 0 Å². The highest BCUT2D eigenvalue weighted by atomic mass is 16.5. The Morgan fingerprint density at radius 1 is 1.50 bits per heavy atom. The maximum absolute atomic E-state index is 10.5. The first-order valence-electron chi connectivity index (χ1n) is 4.48. The van der Waals surface area contributed by atoms with E-state index in [2.05, 4.69) is 12.2 Å². The molecule has 3 heteroatoms. The third kappa shape index (κ3) is 6.16. The van der Waals surface area contributed by atoms with Gasteiger partial charge in [-0.2, -0.15) is 0 Å². The molecule has 0 aliphatic heterocycles. The third-order valence-corrected chi connectivity index (χ3v) is 1.78. The fraction of sp³-hybridized carbons (Fsp3) is 0.889. The Balaban J connectivity index is 3.37. The Kier molecular flexibility index (Phi) is 6.76. The number of carbonyl (C=O) groups is 1. The molecule has 0 bridgehead atoms. The fourth-order valence-electron chi connectivity index (χ4n) is 1.11. The van der Waals surface area contributed by atoms with Crippen molar-refractivity contribution in [2.75, 3.05) is 13.7 Å². The van der Waals surface area contributed by atoms with Gasteiger partial charge in [0, 0.05) is 20.6 Å². The van der Waals surface area contributed by atoms with Crippen LogP contribution in [0.15, 0.2) is 0 Å². The lowest BCUT2D eigenvalue weighted by Crippen LogP contribution is -2.25. The molecular weight excluding hydrogens is 154 g/mol. The molecule has 0 aromatic rings. The molecule has 1 unspecified atom stereocenters. The van der Waals surface area contributed by atoms with E-state index in [-0.39, 0.29) is 5.91 Å². The number of ether oxygens (including phenoxy) is 1. The van der Waals surface area contributed by atoms with Gasteiger partial charge in [-0.05, 0) is 12.8 Å². The van der Waals surface area contributed by atoms with Crippen LogP contribution in [0.2, 0.25) is 0 Å². The van der Waals surface area contributed by atoms with Crippen LogP contribution in [0.4, 0.5) is 0 Å². The highest BCUT2D eigenvalue weighted by Gasteiger charge is 2.04. The second-order valence-corrected chi connectivity index (χ2v) is 2.92. The Morgan fingerprint density at radius 3 is 2.58 bits per heavy atom. The number of hydrogen-bond acceptors (Lipinski definition) is 2. The number of carbonyl (C=O) groups excluding carboxylic acids is 1. The van der Waals surface area contributed by atoms with E-state index in [4.69, 9.17) is 4.74 Å². The number of rotatable bonds is 6. The molecule has 0 aliphatic rings. The van der Waals surface area contributed by atoms with Crippen molar-refractivity contribution in [3.8, 4) is 0 Å². The number of amides is 1. The highest BCUT2D eigenvalue weighted by Crippen LogP contribution is 2.04. The quantitative estimate of drug-likeness (QED) is 0.658. The van der Waals surface area contributed by atoms with Gasteiger partial charge in [-0.15, -0.1) is 0 Å². The van der Waals surface area contributed by atoms with Crippen LogP contribution in [0.5, 0.6) is 0 Å². The summed E-state index contributed by atoms with van der Waals surface area (Å²) in [5.74, 6) is 0.0290. The molecule has 72 valence electrons. The van der Waals surface area contributed by atoms with Gasteiger partial charge in [0.2, 0.25) is 5.91 Å². The van der Waals surface area contributed by atoms with Gasteiger partial charge < -0.3 is 10.1 Å². The van der Waals surface area contributed by atoms with Gasteiger partial charge in [-0.1, -0.05) is 13.3 Å². The van der Waals surface area contributed by atoms with Gasteiger partial charge in [0.15, 0.2) is 0 Å². The molecular formula is C9H19NO2. The summed E-state index contributed by atoms with van der Waals surface area (Å²) in [5.41, 5.74) is 0. The van der Waals surface area contributed by atoms with Crippen LogP contribution in [-0.2, 0) is 9.53 Å². The molecule has 0 aromatic carbocycles. The molecule has 0 radical (unpaired) electrons. The SMILES string of the molecule is CCCC(CCNC(C)=O)OC. The normalized spacial score (nSPS) is 12.6. The van der Waals surface area contributed by atoms with E-state index in [0.717, 1.165) is 19.3 Å². The zero-order chi connectivity index (χ0) is 9.40. The molecule has 0 aromatic heterocycles. The van der Waals surface area contributed by atoms with Crippen molar-refractivity contribution in [3.63, 3.8) is 0 Å². The van der Waals surface area contributed by atoms with Crippen molar-refractivity contribution in [3.05, 3.63) is 0 Å². The molecule has 0 fully saturated rings. The van der Waals surface area contributed by atoms with Crippen molar-refractivity contribution in [2.45, 2.75) is 39.2 Å². The summed E-state index contributed by atoms with van der Waals surface area (Å²) in [5, 5.41) is 2.75. The van der Waals surface area contributed by atoms with Gasteiger partial charge >= 0.3 is 0 Å². The van der Waals surface area contributed by atoms with E-state index in [1.54, 1.807) is 7.11 Å². The van der Waals surface area contributed by atoms with Crippen LogP contribution < -0.4 is 5.32 Å². The lowest BCUT2D eigenvalue weighted by molar-refractivity contribution is -0.119. The van der Waals surface area contributed by atoms with Gasteiger partial charge in [0.1, 0.15) is 0 Å². The summed E-state index contributed by atoms with van der Waals surface area (Å²) in [4.78, 5) is 10.5. The first-order valence-corrected chi connectivity index (χ1v) is 4.48. The van der Waals surface area contributed by atoms with Crippen LogP contribution in [0, 0.1) is 0 Å². The van der Waals surface area contributed by atoms with Crippen molar-refractivity contribution in [2.24, 2.45) is 0 Å². The Bertz CT molecular complexity index is 126. The van der Waals surface area contributed by atoms with E-state index in [1.807, 2.05) is 0 Å². The molecule has 0 heterocycles. The first kappa shape index (κ1) is 11.4. The van der Waals surface area contributed by atoms with Crippen LogP contribution in [0.1, 0.15) is 33.1 Å². The minimum absolute atomic E-state index is 0.0290. The average molecular weight is 173 g/mol. The average Bonchev–Trinajstić information content (AvgIpc) is 2.02. The Morgan fingerprint density at radius 2 is 2.17 bits per heavy atom. The minimum Gasteiger partial charge on any atom is -0.381 e. The second kappa shape index (κ2) is 7.10. The van der Waals surface area contributed by atoms with Crippen molar-refractivity contribution in [1.29, 1.82) is 0 Å². The molecule has 1 atom stereocenters. The van der Waals surface area contributed by atoms with E-state index < -0.39 is 0 Å². The number of hydrogen-bond donors (Lipinski definition) is 1. The Hall–Kier alpha value is -0.570. The molecule has 12 heavy (non-hydrogen) atoms. The topological polar surface area (TPSA) is 38.3 Å². The van der Waals surface area contributed by atoms with Crippen molar-refractivity contribution < 1.29 is 9.53 Å². The largest absolute Gasteiger partial charge is 0.381 e. The molecule has 0 spiro atoms. The van der Waals surface area contributed by atoms with Gasteiger partial charge in [-0.3, -0.25) is 4.79 Å². The number of nitrogens with one attached hydrogen (secondary N) is 1. The summed E-state index contributed by atoms with van der Waals surface area (Å²) < 4.78 is 5.22. The maximum Gasteiger partial charge on any atom is 0.216 e. The first-order chi connectivity index (χ1) is 5.70. The maximum atomic E-state index is 10.5. The summed E-state index contributed by atoms with van der Waals surface area (Å²) in [6, 6.07) is 0. The lowest BCUT2D eigenvalue weighted by atomic mass is 10.1. The zero-order valence-electron chi connectivity index (χ0n) is 8.22. The van der Waals surface area contributed by atoms with Crippen LogP contribution in [0.3, 0.4) is 0 Å². The van der Waals surface area contributed by atoms with E-state index in [1.165, 1.54) is 6.92 Å². The lowest BCUT2D eigenvalue weighted by Gasteiger charge is -2.13. The van der Waals surface area contributed by atoms with E-state index in [0.29, 0.717) is 12.6 Å². The molecule has 1 N–H and O–H groups in total. The van der Waals surface area contributed by atoms with Crippen LogP contribution >= 0.6 is 0 Å². The Labute approximate surface area is 74.5 Å². The molecule has 1 amide bonds. The zero-order valence-corrected chi connectivity index (χ0v) is 8.22.